The Hall–Kier alpha value is -1.36. The number of aliphatic carboxylic acids is 1. The van der Waals surface area contributed by atoms with E-state index in [0.29, 0.717) is 25.3 Å². The van der Waals surface area contributed by atoms with Crippen molar-refractivity contribution in [2.24, 2.45) is 5.92 Å². The fraction of sp³-hybridized carbons (Fsp3) is 0.500. The van der Waals surface area contributed by atoms with Gasteiger partial charge in [0.2, 0.25) is 5.91 Å². The lowest BCUT2D eigenvalue weighted by Crippen LogP contribution is -2.36. The predicted octanol–water partition coefficient (Wildman–Crippen LogP) is 3.34. The van der Waals surface area contributed by atoms with E-state index in [-0.39, 0.29) is 18.9 Å². The lowest BCUT2D eigenvalue weighted by Gasteiger charge is -2.24. The Morgan fingerprint density at radius 1 is 1.29 bits per heavy atom. The molecule has 1 N–H and O–H groups in total. The highest BCUT2D eigenvalue weighted by Gasteiger charge is 2.16. The van der Waals surface area contributed by atoms with Gasteiger partial charge in [-0.1, -0.05) is 41.9 Å². The largest absolute Gasteiger partial charge is 0.481 e. The summed E-state index contributed by atoms with van der Waals surface area (Å²) >= 11 is 3.41. The van der Waals surface area contributed by atoms with Crippen LogP contribution < -0.4 is 0 Å². The van der Waals surface area contributed by atoms with Crippen LogP contribution in [0.5, 0.6) is 0 Å². The molecule has 0 aliphatic rings. The number of hydrogen-bond donors (Lipinski definition) is 1. The second kappa shape index (κ2) is 8.82. The summed E-state index contributed by atoms with van der Waals surface area (Å²) in [6.07, 6.45) is 1.07. The van der Waals surface area contributed by atoms with E-state index in [0.717, 1.165) is 10.0 Å². The molecule has 0 saturated carbocycles. The molecule has 1 aromatic carbocycles. The van der Waals surface area contributed by atoms with Gasteiger partial charge in [0.25, 0.3) is 0 Å². The lowest BCUT2D eigenvalue weighted by atomic mass is 10.1. The molecule has 5 heteroatoms. The molecule has 0 heterocycles. The van der Waals surface area contributed by atoms with Crippen LogP contribution in [0.15, 0.2) is 28.7 Å². The molecule has 0 radical (unpaired) electrons. The molecule has 1 amide bonds. The second-order valence-corrected chi connectivity index (χ2v) is 6.42. The number of carboxylic acids is 1. The molecule has 0 fully saturated rings. The number of nitrogens with zero attached hydrogens (tertiary/aromatic N) is 1. The Bertz CT molecular complexity index is 488. The number of benzene rings is 1. The van der Waals surface area contributed by atoms with Gasteiger partial charge in [0.05, 0.1) is 6.42 Å². The monoisotopic (exact) mass is 355 g/mol. The molecule has 1 rings (SSSR count). The van der Waals surface area contributed by atoms with Crippen LogP contribution in [0.25, 0.3) is 0 Å². The second-order valence-electron chi connectivity index (χ2n) is 5.51. The van der Waals surface area contributed by atoms with Crippen LogP contribution in [0.1, 0.15) is 32.3 Å². The number of carboxylic acid groups (broad SMARTS) is 1. The average molecular weight is 356 g/mol. The molecule has 1 aromatic rings. The maximum atomic E-state index is 12.3. The van der Waals surface area contributed by atoms with Gasteiger partial charge in [-0.05, 0) is 30.0 Å². The topological polar surface area (TPSA) is 57.6 Å². The van der Waals surface area contributed by atoms with Crippen LogP contribution in [0.4, 0.5) is 0 Å². The highest BCUT2D eigenvalue weighted by molar-refractivity contribution is 9.10. The summed E-state index contributed by atoms with van der Waals surface area (Å²) in [7, 11) is 0. The van der Waals surface area contributed by atoms with Crippen molar-refractivity contribution >= 4 is 27.8 Å². The molecular weight excluding hydrogens is 334 g/mol. The van der Waals surface area contributed by atoms with Gasteiger partial charge in [-0.15, -0.1) is 0 Å². The summed E-state index contributed by atoms with van der Waals surface area (Å²) < 4.78 is 0.998. The van der Waals surface area contributed by atoms with Gasteiger partial charge >= 0.3 is 5.97 Å². The summed E-state index contributed by atoms with van der Waals surface area (Å²) in [5.41, 5.74) is 1.10. The first-order valence-electron chi connectivity index (χ1n) is 7.12. The highest BCUT2D eigenvalue weighted by Crippen LogP contribution is 2.14. The van der Waals surface area contributed by atoms with E-state index in [1.54, 1.807) is 4.90 Å². The number of carbonyl (C=O) groups is 2. The van der Waals surface area contributed by atoms with Crippen LogP contribution in [-0.4, -0.2) is 35.0 Å². The fourth-order valence-corrected chi connectivity index (χ4v) is 2.54. The maximum absolute atomic E-state index is 12.3. The predicted molar refractivity (Wildman–Crippen MR) is 86.1 cm³/mol. The van der Waals surface area contributed by atoms with Crippen molar-refractivity contribution in [3.8, 4) is 0 Å². The van der Waals surface area contributed by atoms with Gasteiger partial charge in [0, 0.05) is 24.0 Å². The van der Waals surface area contributed by atoms with Crippen molar-refractivity contribution in [2.45, 2.75) is 33.1 Å². The molecule has 116 valence electrons. The molecular formula is C16H22BrNO3. The number of rotatable bonds is 8. The number of carbonyl (C=O) groups excluding carboxylic acids is 1. The van der Waals surface area contributed by atoms with Crippen LogP contribution in [0.3, 0.4) is 0 Å². The van der Waals surface area contributed by atoms with Crippen LogP contribution in [-0.2, 0) is 16.0 Å². The number of aryl methyl sites for hydroxylation is 1. The van der Waals surface area contributed by atoms with Gasteiger partial charge < -0.3 is 10.0 Å². The molecule has 0 aliphatic carbocycles. The van der Waals surface area contributed by atoms with Crippen molar-refractivity contribution in [3.63, 3.8) is 0 Å². The Morgan fingerprint density at radius 2 is 2.00 bits per heavy atom. The summed E-state index contributed by atoms with van der Waals surface area (Å²) in [6, 6.07) is 7.88. The third-order valence-electron chi connectivity index (χ3n) is 3.05. The first-order chi connectivity index (χ1) is 9.88. The molecule has 0 unspecified atom stereocenters. The zero-order chi connectivity index (χ0) is 15.8. The summed E-state index contributed by atoms with van der Waals surface area (Å²) in [5.74, 6) is -0.526. The molecule has 0 aromatic heterocycles. The minimum Gasteiger partial charge on any atom is -0.481 e. The molecule has 0 bridgehead atoms. The smallest absolute Gasteiger partial charge is 0.305 e. The van der Waals surface area contributed by atoms with Gasteiger partial charge in [-0.3, -0.25) is 9.59 Å². The molecule has 0 aliphatic heterocycles. The van der Waals surface area contributed by atoms with E-state index < -0.39 is 5.97 Å². The molecule has 4 nitrogen and oxygen atoms in total. The number of amides is 1. The van der Waals surface area contributed by atoms with E-state index in [1.165, 1.54) is 0 Å². The van der Waals surface area contributed by atoms with E-state index in [1.807, 2.05) is 38.1 Å². The van der Waals surface area contributed by atoms with Gasteiger partial charge in [-0.2, -0.15) is 0 Å². The summed E-state index contributed by atoms with van der Waals surface area (Å²) in [5, 5.41) is 8.77. The van der Waals surface area contributed by atoms with Crippen molar-refractivity contribution in [1.29, 1.82) is 0 Å². The minimum absolute atomic E-state index is 0.00462. The van der Waals surface area contributed by atoms with Gasteiger partial charge in [0.1, 0.15) is 0 Å². The molecule has 0 saturated heterocycles. The number of halogens is 1. The quantitative estimate of drug-likeness (QED) is 0.777. The van der Waals surface area contributed by atoms with Crippen LogP contribution in [0, 0.1) is 5.92 Å². The first kappa shape index (κ1) is 17.7. The Labute approximate surface area is 134 Å². The molecule has 0 atom stereocenters. The standard InChI is InChI=1S/C16H22BrNO3/c1-12(2)11-18(9-8-16(20)21)15(19)7-6-13-4-3-5-14(17)10-13/h3-5,10,12H,6-9,11H2,1-2H3,(H,20,21). The summed E-state index contributed by atoms with van der Waals surface area (Å²) in [4.78, 5) is 24.6. The number of hydrogen-bond acceptors (Lipinski definition) is 2. The van der Waals surface area contributed by atoms with E-state index >= 15 is 0 Å². The minimum atomic E-state index is -0.872. The van der Waals surface area contributed by atoms with E-state index in [2.05, 4.69) is 15.9 Å². The Kier molecular flexibility index (Phi) is 7.43. The lowest BCUT2D eigenvalue weighted by molar-refractivity contribution is -0.138. The van der Waals surface area contributed by atoms with Crippen molar-refractivity contribution in [3.05, 3.63) is 34.3 Å². The highest BCUT2D eigenvalue weighted by atomic mass is 79.9. The summed E-state index contributed by atoms with van der Waals surface area (Å²) in [6.45, 7) is 4.93. The zero-order valence-electron chi connectivity index (χ0n) is 12.5. The molecule has 21 heavy (non-hydrogen) atoms. The third-order valence-corrected chi connectivity index (χ3v) is 3.54. The maximum Gasteiger partial charge on any atom is 0.305 e. The SMILES string of the molecule is CC(C)CN(CCC(=O)O)C(=O)CCc1cccc(Br)c1. The zero-order valence-corrected chi connectivity index (χ0v) is 14.1. The van der Waals surface area contributed by atoms with Crippen LogP contribution in [0.2, 0.25) is 0 Å². The van der Waals surface area contributed by atoms with Crippen molar-refractivity contribution < 1.29 is 14.7 Å². The van der Waals surface area contributed by atoms with Gasteiger partial charge in [0.15, 0.2) is 0 Å². The van der Waals surface area contributed by atoms with Crippen molar-refractivity contribution in [1.82, 2.24) is 4.90 Å². The molecule has 0 spiro atoms. The van der Waals surface area contributed by atoms with E-state index in [9.17, 15) is 9.59 Å². The third kappa shape index (κ3) is 7.27. The van der Waals surface area contributed by atoms with E-state index in [4.69, 9.17) is 5.11 Å². The van der Waals surface area contributed by atoms with Crippen molar-refractivity contribution in [2.75, 3.05) is 13.1 Å². The Balaban J connectivity index is 2.56. The first-order valence-corrected chi connectivity index (χ1v) is 7.91. The average Bonchev–Trinajstić information content (AvgIpc) is 2.40. The Morgan fingerprint density at radius 3 is 2.57 bits per heavy atom. The van der Waals surface area contributed by atoms with Gasteiger partial charge in [-0.25, -0.2) is 0 Å². The van der Waals surface area contributed by atoms with Crippen LogP contribution >= 0.6 is 15.9 Å². The fourth-order valence-electron chi connectivity index (χ4n) is 2.09. The normalized spacial score (nSPS) is 10.7.